The topological polar surface area (TPSA) is 83.8 Å². The minimum Gasteiger partial charge on any atom is -0.496 e. The Hall–Kier alpha value is -2.80. The van der Waals surface area contributed by atoms with Gasteiger partial charge < -0.3 is 24.7 Å². The molecule has 1 aromatic carbocycles. The van der Waals surface area contributed by atoms with Gasteiger partial charge in [0.05, 0.1) is 25.0 Å². The molecule has 2 heterocycles. The molecule has 2 N–H and O–H groups in total. The second-order valence-corrected chi connectivity index (χ2v) is 6.20. The van der Waals surface area contributed by atoms with Gasteiger partial charge in [-0.05, 0) is 19.1 Å². The zero-order valence-electron chi connectivity index (χ0n) is 14.9. The fraction of sp³-hybridized carbons (Fsp3) is 0.368. The lowest BCUT2D eigenvalue weighted by molar-refractivity contribution is -0.136. The van der Waals surface area contributed by atoms with Crippen molar-refractivity contribution >= 4 is 11.8 Å². The quantitative estimate of drug-likeness (QED) is 0.849. The van der Waals surface area contributed by atoms with Gasteiger partial charge in [-0.3, -0.25) is 9.59 Å². The van der Waals surface area contributed by atoms with Crippen LogP contribution in [0.15, 0.2) is 47.3 Å². The van der Waals surface area contributed by atoms with Crippen molar-refractivity contribution in [2.24, 2.45) is 0 Å². The number of hydrogen-bond acceptors (Lipinski definition) is 5. The number of ether oxygens (including phenoxy) is 1. The van der Waals surface area contributed by atoms with Gasteiger partial charge in [0.1, 0.15) is 18.1 Å². The Kier molecular flexibility index (Phi) is 5.58. The number of piperazine rings is 1. The number of carbonyl (C=O) groups excluding carboxylic acids is 2. The zero-order valence-corrected chi connectivity index (χ0v) is 14.9. The summed E-state index contributed by atoms with van der Waals surface area (Å²) < 4.78 is 10.4. The maximum Gasteiger partial charge on any atom is 0.255 e. The molecule has 1 aromatic heterocycles. The molecule has 0 bridgehead atoms. The summed E-state index contributed by atoms with van der Waals surface area (Å²) in [6.07, 6.45) is 2.78. The standard InChI is InChI=1S/C19H23N3O4/c1-13(21-18(23)14-7-10-26-12-14)19(24)22-9-8-20-11-16(22)15-5-3-4-6-17(15)25-2/h3-7,10,12-13,16,20H,8-9,11H2,1-2H3,(H,21,23). The third kappa shape index (κ3) is 3.72. The molecule has 1 fully saturated rings. The second kappa shape index (κ2) is 8.05. The van der Waals surface area contributed by atoms with E-state index in [1.54, 1.807) is 25.0 Å². The monoisotopic (exact) mass is 357 g/mol. The highest BCUT2D eigenvalue weighted by Gasteiger charge is 2.32. The summed E-state index contributed by atoms with van der Waals surface area (Å²) in [6, 6.07) is 8.45. The number of para-hydroxylation sites is 1. The molecule has 2 aromatic rings. The maximum atomic E-state index is 13.0. The normalized spacial score (nSPS) is 18.2. The first kappa shape index (κ1) is 18.0. The largest absolute Gasteiger partial charge is 0.496 e. The van der Waals surface area contributed by atoms with Gasteiger partial charge in [-0.1, -0.05) is 18.2 Å². The van der Waals surface area contributed by atoms with Crippen molar-refractivity contribution in [3.63, 3.8) is 0 Å². The molecule has 138 valence electrons. The van der Waals surface area contributed by atoms with Crippen LogP contribution in [0.25, 0.3) is 0 Å². The van der Waals surface area contributed by atoms with Crippen LogP contribution in [0.3, 0.4) is 0 Å². The van der Waals surface area contributed by atoms with E-state index < -0.39 is 6.04 Å². The Morgan fingerprint density at radius 1 is 1.35 bits per heavy atom. The van der Waals surface area contributed by atoms with E-state index in [2.05, 4.69) is 10.6 Å². The Morgan fingerprint density at radius 2 is 2.15 bits per heavy atom. The van der Waals surface area contributed by atoms with Crippen LogP contribution in [-0.2, 0) is 4.79 Å². The van der Waals surface area contributed by atoms with Crippen LogP contribution < -0.4 is 15.4 Å². The van der Waals surface area contributed by atoms with E-state index in [4.69, 9.17) is 9.15 Å². The van der Waals surface area contributed by atoms with E-state index in [0.29, 0.717) is 25.2 Å². The maximum absolute atomic E-state index is 13.0. The number of nitrogens with one attached hydrogen (secondary N) is 2. The van der Waals surface area contributed by atoms with E-state index in [1.807, 2.05) is 24.3 Å². The first-order valence-electron chi connectivity index (χ1n) is 8.59. The molecule has 2 atom stereocenters. The van der Waals surface area contributed by atoms with Crippen molar-refractivity contribution in [2.75, 3.05) is 26.7 Å². The van der Waals surface area contributed by atoms with Crippen LogP contribution in [0.4, 0.5) is 0 Å². The summed E-state index contributed by atoms with van der Waals surface area (Å²) in [6.45, 7) is 3.60. The van der Waals surface area contributed by atoms with Gasteiger partial charge in [0.25, 0.3) is 5.91 Å². The number of carbonyl (C=O) groups is 2. The molecule has 0 radical (unpaired) electrons. The number of amides is 2. The van der Waals surface area contributed by atoms with Crippen molar-refractivity contribution in [1.29, 1.82) is 0 Å². The van der Waals surface area contributed by atoms with Crippen molar-refractivity contribution in [2.45, 2.75) is 19.0 Å². The number of furan rings is 1. The fourth-order valence-electron chi connectivity index (χ4n) is 3.17. The Bertz CT molecular complexity index is 760. The highest BCUT2D eigenvalue weighted by atomic mass is 16.5. The van der Waals surface area contributed by atoms with E-state index >= 15 is 0 Å². The third-order valence-electron chi connectivity index (χ3n) is 4.53. The van der Waals surface area contributed by atoms with Crippen LogP contribution in [0.1, 0.15) is 28.9 Å². The predicted molar refractivity (Wildman–Crippen MR) is 96.0 cm³/mol. The first-order valence-corrected chi connectivity index (χ1v) is 8.59. The van der Waals surface area contributed by atoms with Crippen molar-refractivity contribution in [3.8, 4) is 5.75 Å². The molecule has 1 saturated heterocycles. The average Bonchev–Trinajstić information content (AvgIpc) is 3.22. The molecule has 0 saturated carbocycles. The smallest absolute Gasteiger partial charge is 0.255 e. The van der Waals surface area contributed by atoms with E-state index in [0.717, 1.165) is 11.3 Å². The minimum absolute atomic E-state index is 0.126. The van der Waals surface area contributed by atoms with Crippen molar-refractivity contribution in [3.05, 3.63) is 54.0 Å². The number of nitrogens with zero attached hydrogens (tertiary/aromatic N) is 1. The van der Waals surface area contributed by atoms with Gasteiger partial charge in [0, 0.05) is 25.2 Å². The van der Waals surface area contributed by atoms with E-state index in [9.17, 15) is 9.59 Å². The van der Waals surface area contributed by atoms with Gasteiger partial charge in [-0.15, -0.1) is 0 Å². The Balaban J connectivity index is 1.76. The molecule has 2 amide bonds. The van der Waals surface area contributed by atoms with Crippen LogP contribution in [0.2, 0.25) is 0 Å². The van der Waals surface area contributed by atoms with E-state index in [-0.39, 0.29) is 17.9 Å². The molecular weight excluding hydrogens is 334 g/mol. The van der Waals surface area contributed by atoms with Crippen LogP contribution in [0.5, 0.6) is 5.75 Å². The minimum atomic E-state index is -0.646. The van der Waals surface area contributed by atoms with Gasteiger partial charge in [0.15, 0.2) is 0 Å². The zero-order chi connectivity index (χ0) is 18.5. The number of benzene rings is 1. The fourth-order valence-corrected chi connectivity index (χ4v) is 3.17. The summed E-state index contributed by atoms with van der Waals surface area (Å²) in [5, 5.41) is 6.06. The number of rotatable bonds is 5. The SMILES string of the molecule is COc1ccccc1C1CNCCN1C(=O)C(C)NC(=O)c1ccoc1. The van der Waals surface area contributed by atoms with Gasteiger partial charge in [-0.25, -0.2) is 0 Å². The predicted octanol–water partition coefficient (Wildman–Crippen LogP) is 1.58. The number of methoxy groups -OCH3 is 1. The summed E-state index contributed by atoms with van der Waals surface area (Å²) in [7, 11) is 1.62. The molecule has 2 unspecified atom stereocenters. The summed E-state index contributed by atoms with van der Waals surface area (Å²) in [4.78, 5) is 27.0. The lowest BCUT2D eigenvalue weighted by Crippen LogP contribution is -2.54. The summed E-state index contributed by atoms with van der Waals surface area (Å²) in [5.41, 5.74) is 1.34. The Labute approximate surface area is 152 Å². The van der Waals surface area contributed by atoms with Gasteiger partial charge >= 0.3 is 0 Å². The van der Waals surface area contributed by atoms with Crippen LogP contribution >= 0.6 is 0 Å². The lowest BCUT2D eigenvalue weighted by Gasteiger charge is -2.38. The second-order valence-electron chi connectivity index (χ2n) is 6.20. The molecule has 7 heteroatoms. The first-order chi connectivity index (χ1) is 12.6. The van der Waals surface area contributed by atoms with Crippen LogP contribution in [0, 0.1) is 0 Å². The third-order valence-corrected chi connectivity index (χ3v) is 4.53. The van der Waals surface area contributed by atoms with Gasteiger partial charge in [0.2, 0.25) is 5.91 Å². The van der Waals surface area contributed by atoms with Crippen molar-refractivity contribution in [1.82, 2.24) is 15.5 Å². The highest BCUT2D eigenvalue weighted by Crippen LogP contribution is 2.30. The molecule has 26 heavy (non-hydrogen) atoms. The molecule has 1 aliphatic rings. The highest BCUT2D eigenvalue weighted by molar-refractivity contribution is 5.97. The molecule has 0 aliphatic carbocycles. The molecule has 3 rings (SSSR count). The number of hydrogen-bond donors (Lipinski definition) is 2. The van der Waals surface area contributed by atoms with E-state index in [1.165, 1.54) is 12.5 Å². The molecule has 0 spiro atoms. The van der Waals surface area contributed by atoms with Crippen molar-refractivity contribution < 1.29 is 18.7 Å². The van der Waals surface area contributed by atoms with Gasteiger partial charge in [-0.2, -0.15) is 0 Å². The Morgan fingerprint density at radius 3 is 2.88 bits per heavy atom. The molecule has 7 nitrogen and oxygen atoms in total. The van der Waals surface area contributed by atoms with Crippen LogP contribution in [-0.4, -0.2) is 49.5 Å². The molecule has 1 aliphatic heterocycles. The molecular formula is C19H23N3O4. The summed E-state index contributed by atoms with van der Waals surface area (Å²) in [5.74, 6) is 0.289. The lowest BCUT2D eigenvalue weighted by atomic mass is 10.0. The summed E-state index contributed by atoms with van der Waals surface area (Å²) >= 11 is 0. The average molecular weight is 357 g/mol.